The summed E-state index contributed by atoms with van der Waals surface area (Å²) in [5.74, 6) is 1.78. The quantitative estimate of drug-likeness (QED) is 0.638. The van der Waals surface area contributed by atoms with Crippen molar-refractivity contribution in [3.05, 3.63) is 35.9 Å². The lowest BCUT2D eigenvalue weighted by Crippen LogP contribution is -2.39. The molecule has 2 atom stereocenters. The summed E-state index contributed by atoms with van der Waals surface area (Å²) in [5.41, 5.74) is 1.75. The van der Waals surface area contributed by atoms with Gasteiger partial charge in [0.2, 0.25) is 0 Å². The first-order valence-corrected chi connectivity index (χ1v) is 7.84. The molecule has 2 saturated carbocycles. The Morgan fingerprint density at radius 1 is 1.30 bits per heavy atom. The minimum atomic E-state index is 0.304. The fraction of sp³-hybridized carbons (Fsp3) is 0.588. The Bertz CT molecular complexity index is 476. The van der Waals surface area contributed by atoms with Crippen LogP contribution in [0.3, 0.4) is 0 Å². The monoisotopic (exact) mass is 271 g/mol. The Balaban J connectivity index is 1.64. The molecule has 3 heteroatoms. The van der Waals surface area contributed by atoms with Crippen molar-refractivity contribution in [3.8, 4) is 0 Å². The summed E-state index contributed by atoms with van der Waals surface area (Å²) in [6.07, 6.45) is 3.80. The van der Waals surface area contributed by atoms with Gasteiger partial charge in [0.05, 0.1) is 6.54 Å². The van der Waals surface area contributed by atoms with Crippen LogP contribution in [-0.4, -0.2) is 25.1 Å². The number of aliphatic imine (C=N–C) groups is 1. The Morgan fingerprint density at radius 3 is 2.55 bits per heavy atom. The molecule has 3 rings (SSSR count). The average molecular weight is 271 g/mol. The standard InChI is InChI=1S/C17H25N3/c1-3-18-16(20-15-11-13(15)2)19-12-17(9-10-17)14-7-5-4-6-8-14/h4-8,13,15H,3,9-12H2,1-2H3,(H2,18,19,20). The number of hydrogen-bond acceptors (Lipinski definition) is 1. The van der Waals surface area contributed by atoms with Gasteiger partial charge in [0, 0.05) is 18.0 Å². The molecule has 2 unspecified atom stereocenters. The SMILES string of the molecule is CCNC(=NCC1(c2ccccc2)CC1)NC1CC1C. The number of nitrogens with zero attached hydrogens (tertiary/aromatic N) is 1. The molecule has 0 radical (unpaired) electrons. The van der Waals surface area contributed by atoms with Gasteiger partial charge in [-0.3, -0.25) is 4.99 Å². The van der Waals surface area contributed by atoms with E-state index < -0.39 is 0 Å². The molecule has 0 bridgehead atoms. The molecular formula is C17H25N3. The van der Waals surface area contributed by atoms with Crippen LogP contribution in [0.2, 0.25) is 0 Å². The first-order chi connectivity index (χ1) is 9.73. The van der Waals surface area contributed by atoms with Crippen molar-refractivity contribution < 1.29 is 0 Å². The highest BCUT2D eigenvalue weighted by Gasteiger charge is 2.44. The minimum Gasteiger partial charge on any atom is -0.357 e. The lowest BCUT2D eigenvalue weighted by Gasteiger charge is -2.16. The predicted molar refractivity (Wildman–Crippen MR) is 84.0 cm³/mol. The van der Waals surface area contributed by atoms with Gasteiger partial charge < -0.3 is 10.6 Å². The lowest BCUT2D eigenvalue weighted by molar-refractivity contribution is 0.688. The van der Waals surface area contributed by atoms with Gasteiger partial charge in [0.1, 0.15) is 0 Å². The Morgan fingerprint density at radius 2 is 2.00 bits per heavy atom. The smallest absolute Gasteiger partial charge is 0.191 e. The van der Waals surface area contributed by atoms with Crippen molar-refractivity contribution in [1.82, 2.24) is 10.6 Å². The van der Waals surface area contributed by atoms with Crippen molar-refractivity contribution in [1.29, 1.82) is 0 Å². The molecule has 2 fully saturated rings. The summed E-state index contributed by atoms with van der Waals surface area (Å²) >= 11 is 0. The summed E-state index contributed by atoms with van der Waals surface area (Å²) in [7, 11) is 0. The van der Waals surface area contributed by atoms with Crippen LogP contribution in [0.5, 0.6) is 0 Å². The van der Waals surface area contributed by atoms with Crippen LogP contribution >= 0.6 is 0 Å². The van der Waals surface area contributed by atoms with Crippen molar-refractivity contribution >= 4 is 5.96 Å². The number of rotatable bonds is 5. The van der Waals surface area contributed by atoms with Crippen LogP contribution in [0.25, 0.3) is 0 Å². The number of benzene rings is 1. The maximum atomic E-state index is 4.83. The van der Waals surface area contributed by atoms with Gasteiger partial charge in [0.15, 0.2) is 5.96 Å². The molecule has 0 saturated heterocycles. The van der Waals surface area contributed by atoms with E-state index in [1.165, 1.54) is 24.8 Å². The third-order valence-electron chi connectivity index (χ3n) is 4.56. The third kappa shape index (κ3) is 2.97. The van der Waals surface area contributed by atoms with E-state index in [4.69, 9.17) is 4.99 Å². The zero-order chi connectivity index (χ0) is 14.0. The zero-order valence-corrected chi connectivity index (χ0v) is 12.5. The molecule has 0 spiro atoms. The molecule has 0 amide bonds. The number of guanidine groups is 1. The van der Waals surface area contributed by atoms with Crippen LogP contribution in [0, 0.1) is 5.92 Å². The summed E-state index contributed by atoms with van der Waals surface area (Å²) in [4.78, 5) is 4.83. The van der Waals surface area contributed by atoms with E-state index in [0.29, 0.717) is 11.5 Å². The van der Waals surface area contributed by atoms with E-state index in [2.05, 4.69) is 54.8 Å². The molecule has 1 aromatic rings. The first kappa shape index (κ1) is 13.5. The second-order valence-corrected chi connectivity index (χ2v) is 6.31. The summed E-state index contributed by atoms with van der Waals surface area (Å²) in [6, 6.07) is 11.5. The van der Waals surface area contributed by atoms with Gasteiger partial charge >= 0.3 is 0 Å². The van der Waals surface area contributed by atoms with Crippen molar-refractivity contribution in [3.63, 3.8) is 0 Å². The third-order valence-corrected chi connectivity index (χ3v) is 4.56. The fourth-order valence-corrected chi connectivity index (χ4v) is 2.73. The van der Waals surface area contributed by atoms with E-state index in [1.807, 2.05) is 0 Å². The van der Waals surface area contributed by atoms with E-state index in [9.17, 15) is 0 Å². The van der Waals surface area contributed by atoms with E-state index >= 15 is 0 Å². The molecular weight excluding hydrogens is 246 g/mol. The molecule has 0 aromatic heterocycles. The highest BCUT2D eigenvalue weighted by atomic mass is 15.2. The Hall–Kier alpha value is -1.51. The van der Waals surface area contributed by atoms with E-state index in [-0.39, 0.29) is 0 Å². The Kier molecular flexibility index (Phi) is 3.68. The summed E-state index contributed by atoms with van der Waals surface area (Å²) in [5, 5.41) is 6.90. The predicted octanol–water partition coefficient (Wildman–Crippen LogP) is 2.68. The molecule has 0 heterocycles. The highest BCUT2D eigenvalue weighted by molar-refractivity contribution is 5.80. The van der Waals surface area contributed by atoms with E-state index in [0.717, 1.165) is 25.0 Å². The van der Waals surface area contributed by atoms with Gasteiger partial charge in [-0.2, -0.15) is 0 Å². The van der Waals surface area contributed by atoms with Gasteiger partial charge in [-0.05, 0) is 37.7 Å². The van der Waals surface area contributed by atoms with Crippen LogP contribution in [0.15, 0.2) is 35.3 Å². The molecule has 1 aromatic carbocycles. The van der Waals surface area contributed by atoms with Crippen molar-refractivity contribution in [2.75, 3.05) is 13.1 Å². The van der Waals surface area contributed by atoms with Crippen LogP contribution in [-0.2, 0) is 5.41 Å². The van der Waals surface area contributed by atoms with Crippen LogP contribution in [0.4, 0.5) is 0 Å². The molecule has 108 valence electrons. The number of hydrogen-bond donors (Lipinski definition) is 2. The second kappa shape index (κ2) is 5.47. The topological polar surface area (TPSA) is 36.4 Å². The van der Waals surface area contributed by atoms with Crippen LogP contribution in [0.1, 0.15) is 38.7 Å². The highest BCUT2D eigenvalue weighted by Crippen LogP contribution is 2.48. The molecule has 20 heavy (non-hydrogen) atoms. The fourth-order valence-electron chi connectivity index (χ4n) is 2.73. The maximum absolute atomic E-state index is 4.83. The van der Waals surface area contributed by atoms with E-state index in [1.54, 1.807) is 0 Å². The van der Waals surface area contributed by atoms with Crippen molar-refractivity contribution in [2.24, 2.45) is 10.9 Å². The van der Waals surface area contributed by atoms with Gasteiger partial charge in [-0.25, -0.2) is 0 Å². The molecule has 2 N–H and O–H groups in total. The summed E-state index contributed by atoms with van der Waals surface area (Å²) < 4.78 is 0. The molecule has 0 aliphatic heterocycles. The van der Waals surface area contributed by atoms with Gasteiger partial charge in [-0.15, -0.1) is 0 Å². The minimum absolute atomic E-state index is 0.304. The van der Waals surface area contributed by atoms with Gasteiger partial charge in [0.25, 0.3) is 0 Å². The largest absolute Gasteiger partial charge is 0.357 e. The number of nitrogens with one attached hydrogen (secondary N) is 2. The summed E-state index contributed by atoms with van der Waals surface area (Å²) in [6.45, 7) is 6.23. The van der Waals surface area contributed by atoms with Crippen LogP contribution < -0.4 is 10.6 Å². The molecule has 3 nitrogen and oxygen atoms in total. The second-order valence-electron chi connectivity index (χ2n) is 6.31. The average Bonchev–Trinajstić information content (AvgIpc) is 3.37. The zero-order valence-electron chi connectivity index (χ0n) is 12.5. The van der Waals surface area contributed by atoms with Gasteiger partial charge in [-0.1, -0.05) is 37.3 Å². The maximum Gasteiger partial charge on any atom is 0.191 e. The normalized spacial score (nSPS) is 27.0. The molecule has 2 aliphatic carbocycles. The lowest BCUT2D eigenvalue weighted by atomic mass is 9.96. The molecule has 2 aliphatic rings. The first-order valence-electron chi connectivity index (χ1n) is 7.84. The Labute approximate surface area is 121 Å². The van der Waals surface area contributed by atoms with Crippen molar-refractivity contribution in [2.45, 2.75) is 44.6 Å².